The first-order chi connectivity index (χ1) is 10.4. The third-order valence-electron chi connectivity index (χ3n) is 2.72. The zero-order valence-electron chi connectivity index (χ0n) is 11.0. The van der Waals surface area contributed by atoms with E-state index in [0.717, 1.165) is 0 Å². The molecule has 0 atom stereocenters. The van der Waals surface area contributed by atoms with Crippen LogP contribution in [0.3, 0.4) is 0 Å². The summed E-state index contributed by atoms with van der Waals surface area (Å²) >= 11 is 5.98. The summed E-state index contributed by atoms with van der Waals surface area (Å²) in [6.07, 6.45) is -4.71. The summed E-state index contributed by atoms with van der Waals surface area (Å²) in [6, 6.07) is 6.60. The Morgan fingerprint density at radius 2 is 1.73 bits per heavy atom. The van der Waals surface area contributed by atoms with Crippen LogP contribution < -0.4 is 0 Å². The van der Waals surface area contributed by atoms with Crippen molar-refractivity contribution in [1.82, 2.24) is 15.2 Å². The van der Waals surface area contributed by atoms with Gasteiger partial charge in [0, 0.05) is 6.92 Å². The van der Waals surface area contributed by atoms with Gasteiger partial charge in [0.25, 0.3) is 5.89 Å². The number of halogens is 4. The number of nitrogens with zero attached hydrogens (tertiary/aromatic N) is 3. The van der Waals surface area contributed by atoms with Gasteiger partial charge in [-0.2, -0.15) is 13.2 Å². The molecule has 2 heterocycles. The second-order valence-corrected chi connectivity index (χ2v) is 4.71. The quantitative estimate of drug-likeness (QED) is 0.698. The van der Waals surface area contributed by atoms with E-state index in [1.54, 1.807) is 24.3 Å². The molecule has 114 valence electrons. The summed E-state index contributed by atoms with van der Waals surface area (Å²) in [6.45, 7) is 1.30. The Morgan fingerprint density at radius 1 is 1.05 bits per heavy atom. The lowest BCUT2D eigenvalue weighted by Crippen LogP contribution is -2.05. The second kappa shape index (κ2) is 5.13. The topological polar surface area (TPSA) is 65.0 Å². The molecule has 0 aliphatic heterocycles. The Hall–Kier alpha value is -2.35. The Labute approximate surface area is 126 Å². The van der Waals surface area contributed by atoms with Crippen LogP contribution in [0.15, 0.2) is 33.1 Å². The molecule has 2 aromatic heterocycles. The maximum atomic E-state index is 12.9. The van der Waals surface area contributed by atoms with Crippen LogP contribution in [0.2, 0.25) is 5.02 Å². The molecule has 5 nitrogen and oxygen atoms in total. The molecule has 9 heteroatoms. The van der Waals surface area contributed by atoms with Crippen molar-refractivity contribution in [3.05, 3.63) is 40.9 Å². The Morgan fingerprint density at radius 3 is 2.41 bits per heavy atom. The SMILES string of the molecule is Cc1nc(-c2nnc(-c3ccccc3Cl)o2)c(C(F)(F)F)o1. The maximum absolute atomic E-state index is 12.9. The lowest BCUT2D eigenvalue weighted by Gasteiger charge is -2.01. The molecule has 1 aromatic carbocycles. The van der Waals surface area contributed by atoms with Crippen molar-refractivity contribution in [2.24, 2.45) is 0 Å². The van der Waals surface area contributed by atoms with E-state index in [4.69, 9.17) is 16.0 Å². The fourth-order valence-corrected chi connectivity index (χ4v) is 2.04. The highest BCUT2D eigenvalue weighted by atomic mass is 35.5. The fourth-order valence-electron chi connectivity index (χ4n) is 1.83. The van der Waals surface area contributed by atoms with Crippen molar-refractivity contribution < 1.29 is 22.0 Å². The standard InChI is InChI=1S/C13H7ClF3N3O2/c1-6-18-9(10(21-6)13(15,16)17)12-20-19-11(22-12)7-4-2-3-5-8(7)14/h2-5H,1H3. The van der Waals surface area contributed by atoms with Crippen LogP contribution in [-0.2, 0) is 6.18 Å². The number of alkyl halides is 3. The first-order valence-electron chi connectivity index (χ1n) is 5.99. The van der Waals surface area contributed by atoms with Crippen LogP contribution in [0.25, 0.3) is 23.0 Å². The van der Waals surface area contributed by atoms with Crippen LogP contribution >= 0.6 is 11.6 Å². The van der Waals surface area contributed by atoms with Gasteiger partial charge >= 0.3 is 6.18 Å². The molecule has 0 radical (unpaired) electrons. The van der Waals surface area contributed by atoms with Crippen LogP contribution in [0.5, 0.6) is 0 Å². The number of rotatable bonds is 2. The summed E-state index contributed by atoms with van der Waals surface area (Å²) in [5, 5.41) is 7.64. The Bertz CT molecular complexity index is 826. The Kier molecular flexibility index (Phi) is 3.40. The molecular formula is C13H7ClF3N3O2. The van der Waals surface area contributed by atoms with Crippen molar-refractivity contribution in [2.75, 3.05) is 0 Å². The zero-order valence-corrected chi connectivity index (χ0v) is 11.7. The monoisotopic (exact) mass is 329 g/mol. The fraction of sp³-hybridized carbons (Fsp3) is 0.154. The van der Waals surface area contributed by atoms with Crippen molar-refractivity contribution in [3.8, 4) is 23.0 Å². The number of oxazole rings is 1. The molecule has 0 fully saturated rings. The average Bonchev–Trinajstić information content (AvgIpc) is 3.05. The average molecular weight is 330 g/mol. The molecule has 0 bridgehead atoms. The molecule has 0 spiro atoms. The van der Waals surface area contributed by atoms with Crippen molar-refractivity contribution >= 4 is 11.6 Å². The lowest BCUT2D eigenvalue weighted by atomic mass is 10.2. The molecule has 0 saturated carbocycles. The molecule has 0 amide bonds. The smallest absolute Gasteiger partial charge is 0.436 e. The largest absolute Gasteiger partial charge is 0.452 e. The summed E-state index contributed by atoms with van der Waals surface area (Å²) in [4.78, 5) is 3.66. The molecule has 22 heavy (non-hydrogen) atoms. The minimum atomic E-state index is -4.71. The second-order valence-electron chi connectivity index (χ2n) is 4.30. The van der Waals surface area contributed by atoms with Crippen molar-refractivity contribution in [2.45, 2.75) is 13.1 Å². The van der Waals surface area contributed by atoms with Crippen molar-refractivity contribution in [3.63, 3.8) is 0 Å². The number of benzene rings is 1. The van der Waals surface area contributed by atoms with E-state index in [2.05, 4.69) is 19.6 Å². The lowest BCUT2D eigenvalue weighted by molar-refractivity contribution is -0.152. The first kappa shape index (κ1) is 14.6. The Balaban J connectivity index is 2.08. The van der Waals surface area contributed by atoms with Crippen LogP contribution in [0.4, 0.5) is 13.2 Å². The first-order valence-corrected chi connectivity index (χ1v) is 6.37. The van der Waals surface area contributed by atoms with Gasteiger partial charge in [-0.15, -0.1) is 10.2 Å². The molecule has 0 N–H and O–H groups in total. The minimum absolute atomic E-state index is 0.00521. The van der Waals surface area contributed by atoms with Crippen LogP contribution in [-0.4, -0.2) is 15.2 Å². The van der Waals surface area contributed by atoms with Crippen LogP contribution in [0.1, 0.15) is 11.7 Å². The third-order valence-corrected chi connectivity index (χ3v) is 3.05. The van der Waals surface area contributed by atoms with E-state index >= 15 is 0 Å². The molecule has 0 aliphatic rings. The minimum Gasteiger partial charge on any atom is -0.436 e. The zero-order chi connectivity index (χ0) is 15.9. The van der Waals surface area contributed by atoms with E-state index in [0.29, 0.717) is 10.6 Å². The van der Waals surface area contributed by atoms with Crippen LogP contribution in [0, 0.1) is 6.92 Å². The van der Waals surface area contributed by atoms with Gasteiger partial charge in [0.15, 0.2) is 11.6 Å². The highest BCUT2D eigenvalue weighted by Gasteiger charge is 2.41. The molecule has 3 rings (SSSR count). The highest BCUT2D eigenvalue weighted by molar-refractivity contribution is 6.33. The maximum Gasteiger partial charge on any atom is 0.452 e. The summed E-state index contributed by atoms with van der Waals surface area (Å²) in [5.74, 6) is -1.83. The molecule has 3 aromatic rings. The van der Waals surface area contributed by atoms with E-state index in [-0.39, 0.29) is 17.7 Å². The van der Waals surface area contributed by atoms with E-state index in [1.165, 1.54) is 6.92 Å². The van der Waals surface area contributed by atoms with Crippen molar-refractivity contribution in [1.29, 1.82) is 0 Å². The van der Waals surface area contributed by atoms with E-state index < -0.39 is 17.6 Å². The van der Waals surface area contributed by atoms with Gasteiger partial charge in [0.1, 0.15) is 0 Å². The number of aryl methyl sites for hydroxylation is 1. The van der Waals surface area contributed by atoms with Gasteiger partial charge in [-0.1, -0.05) is 23.7 Å². The molecule has 0 unspecified atom stereocenters. The van der Waals surface area contributed by atoms with Gasteiger partial charge in [-0.3, -0.25) is 0 Å². The van der Waals surface area contributed by atoms with Gasteiger partial charge in [-0.05, 0) is 12.1 Å². The molecular weight excluding hydrogens is 323 g/mol. The number of hydrogen-bond acceptors (Lipinski definition) is 5. The van der Waals surface area contributed by atoms with E-state index in [1.807, 2.05) is 0 Å². The number of aromatic nitrogens is 3. The van der Waals surface area contributed by atoms with Gasteiger partial charge < -0.3 is 8.83 Å². The van der Waals surface area contributed by atoms with Gasteiger partial charge in [0.05, 0.1) is 10.6 Å². The number of hydrogen-bond donors (Lipinski definition) is 0. The third kappa shape index (κ3) is 2.57. The summed E-state index contributed by atoms with van der Waals surface area (Å²) in [7, 11) is 0. The molecule has 0 saturated heterocycles. The highest BCUT2D eigenvalue weighted by Crippen LogP contribution is 2.38. The van der Waals surface area contributed by atoms with E-state index in [9.17, 15) is 13.2 Å². The van der Waals surface area contributed by atoms with Gasteiger partial charge in [-0.25, -0.2) is 4.98 Å². The molecule has 0 aliphatic carbocycles. The predicted molar refractivity (Wildman–Crippen MR) is 70.0 cm³/mol. The predicted octanol–water partition coefficient (Wildman–Crippen LogP) is 4.37. The summed E-state index contributed by atoms with van der Waals surface area (Å²) in [5.41, 5.74) is -0.132. The normalized spacial score (nSPS) is 11.9. The van der Waals surface area contributed by atoms with Gasteiger partial charge in [0.2, 0.25) is 11.7 Å². The summed E-state index contributed by atoms with van der Waals surface area (Å²) < 4.78 is 48.5.